The number of aromatic hydroxyl groups is 2. The fourth-order valence-corrected chi connectivity index (χ4v) is 1.52. The second-order valence-corrected chi connectivity index (χ2v) is 4.38. The van der Waals surface area contributed by atoms with Crippen molar-refractivity contribution in [2.24, 2.45) is 0 Å². The minimum atomic E-state index is -0.700. The highest BCUT2D eigenvalue weighted by molar-refractivity contribution is 5.81. The maximum absolute atomic E-state index is 11.1. The Bertz CT molecular complexity index is 435. The molecule has 4 heteroatoms. The van der Waals surface area contributed by atoms with Gasteiger partial charge in [-0.2, -0.15) is 0 Å². The van der Waals surface area contributed by atoms with Crippen molar-refractivity contribution in [1.29, 1.82) is 0 Å². The number of hydrogen-bond acceptors (Lipinski definition) is 4. The van der Waals surface area contributed by atoms with Crippen LogP contribution in [0.2, 0.25) is 0 Å². The summed E-state index contributed by atoms with van der Waals surface area (Å²) >= 11 is 0. The molecule has 0 spiro atoms. The van der Waals surface area contributed by atoms with Crippen LogP contribution in [-0.2, 0) is 16.0 Å². The average Bonchev–Trinajstić information content (AvgIpc) is 2.22. The fraction of sp³-hybridized carbons (Fsp3) is 0.308. The van der Waals surface area contributed by atoms with Crippen LogP contribution in [0.15, 0.2) is 30.9 Å². The summed E-state index contributed by atoms with van der Waals surface area (Å²) in [5.41, 5.74) is 0.0662. The van der Waals surface area contributed by atoms with Crippen LogP contribution in [-0.4, -0.2) is 21.8 Å². The highest BCUT2D eigenvalue weighted by Crippen LogP contribution is 2.27. The van der Waals surface area contributed by atoms with Crippen molar-refractivity contribution in [3.63, 3.8) is 0 Å². The number of carbonyl (C=O) groups is 1. The van der Waals surface area contributed by atoms with E-state index in [2.05, 4.69) is 6.58 Å². The van der Waals surface area contributed by atoms with Crippen molar-refractivity contribution >= 4 is 5.97 Å². The molecule has 0 saturated carbocycles. The van der Waals surface area contributed by atoms with E-state index in [9.17, 15) is 15.0 Å². The molecule has 0 amide bonds. The predicted octanol–water partition coefficient (Wildman–Crippen LogP) is 2.15. The van der Waals surface area contributed by atoms with Crippen LogP contribution in [0.1, 0.15) is 19.4 Å². The normalized spacial score (nSPS) is 10.9. The van der Waals surface area contributed by atoms with Gasteiger partial charge in [0.25, 0.3) is 0 Å². The summed E-state index contributed by atoms with van der Waals surface area (Å²) in [5, 5.41) is 18.5. The van der Waals surface area contributed by atoms with E-state index in [0.717, 1.165) is 11.6 Å². The fourth-order valence-electron chi connectivity index (χ4n) is 1.52. The maximum Gasteiger partial charge on any atom is 0.330 e. The molecule has 0 heterocycles. The van der Waals surface area contributed by atoms with E-state index < -0.39 is 11.6 Å². The number of phenolic OH excluding ortho intramolecular Hbond substituents is 2. The number of hydrogen-bond donors (Lipinski definition) is 2. The van der Waals surface area contributed by atoms with Crippen LogP contribution in [0.25, 0.3) is 0 Å². The summed E-state index contributed by atoms with van der Waals surface area (Å²) in [4.78, 5) is 11.1. The Labute approximate surface area is 100 Å². The molecule has 0 saturated heterocycles. The van der Waals surface area contributed by atoms with E-state index in [0.29, 0.717) is 6.42 Å². The molecule has 1 aromatic rings. The Kier molecular flexibility index (Phi) is 3.78. The summed E-state index contributed by atoms with van der Waals surface area (Å²) in [6.45, 7) is 6.85. The van der Waals surface area contributed by atoms with Crippen LogP contribution >= 0.6 is 0 Å². The lowest BCUT2D eigenvalue weighted by Gasteiger charge is -2.24. The van der Waals surface area contributed by atoms with Gasteiger partial charge in [0.15, 0.2) is 11.5 Å². The number of esters is 1. The molecule has 0 radical (unpaired) electrons. The highest BCUT2D eigenvalue weighted by atomic mass is 16.6. The van der Waals surface area contributed by atoms with Crippen molar-refractivity contribution in [3.05, 3.63) is 36.4 Å². The maximum atomic E-state index is 11.1. The highest BCUT2D eigenvalue weighted by Gasteiger charge is 2.22. The third-order valence-electron chi connectivity index (χ3n) is 2.21. The molecule has 0 aliphatic rings. The lowest BCUT2D eigenvalue weighted by Crippen LogP contribution is -2.29. The van der Waals surface area contributed by atoms with E-state index in [1.807, 2.05) is 0 Å². The van der Waals surface area contributed by atoms with Crippen LogP contribution in [0.5, 0.6) is 11.5 Å². The molecule has 92 valence electrons. The largest absolute Gasteiger partial charge is 0.504 e. The summed E-state index contributed by atoms with van der Waals surface area (Å²) in [6.07, 6.45) is 1.54. The first-order valence-electron chi connectivity index (χ1n) is 5.20. The summed E-state index contributed by atoms with van der Waals surface area (Å²) in [6, 6.07) is 4.51. The summed E-state index contributed by atoms with van der Waals surface area (Å²) in [5.74, 6) is -0.846. The molecule has 0 aromatic heterocycles. The zero-order valence-electron chi connectivity index (χ0n) is 9.93. The number of ether oxygens (including phenoxy) is 1. The van der Waals surface area contributed by atoms with Crippen molar-refractivity contribution in [2.75, 3.05) is 0 Å². The second kappa shape index (κ2) is 4.91. The van der Waals surface area contributed by atoms with Crippen molar-refractivity contribution < 1.29 is 19.7 Å². The molecular weight excluding hydrogens is 220 g/mol. The van der Waals surface area contributed by atoms with Gasteiger partial charge in [0.2, 0.25) is 0 Å². The number of carbonyl (C=O) groups excluding carboxylic acids is 1. The Hall–Kier alpha value is -1.97. The Balaban J connectivity index is 2.78. The van der Waals surface area contributed by atoms with Gasteiger partial charge in [-0.1, -0.05) is 12.6 Å². The minimum Gasteiger partial charge on any atom is -0.504 e. The molecule has 0 aliphatic heterocycles. The van der Waals surface area contributed by atoms with Gasteiger partial charge >= 0.3 is 5.97 Å². The third kappa shape index (κ3) is 3.83. The van der Waals surface area contributed by atoms with Gasteiger partial charge in [-0.25, -0.2) is 4.79 Å². The van der Waals surface area contributed by atoms with Crippen LogP contribution in [0, 0.1) is 0 Å². The first-order valence-corrected chi connectivity index (χ1v) is 5.20. The van der Waals surface area contributed by atoms with E-state index >= 15 is 0 Å². The van der Waals surface area contributed by atoms with E-state index in [4.69, 9.17) is 4.74 Å². The SMILES string of the molecule is C=CC(=O)OC(C)(C)Cc1ccc(O)c(O)c1. The van der Waals surface area contributed by atoms with E-state index in [-0.39, 0.29) is 11.5 Å². The molecule has 17 heavy (non-hydrogen) atoms. The van der Waals surface area contributed by atoms with Gasteiger partial charge in [0, 0.05) is 12.5 Å². The first-order chi connectivity index (χ1) is 7.84. The van der Waals surface area contributed by atoms with Gasteiger partial charge in [-0.3, -0.25) is 0 Å². The van der Waals surface area contributed by atoms with Gasteiger partial charge < -0.3 is 14.9 Å². The third-order valence-corrected chi connectivity index (χ3v) is 2.21. The second-order valence-electron chi connectivity index (χ2n) is 4.38. The standard InChI is InChI=1S/C13H16O4/c1-4-12(16)17-13(2,3)8-9-5-6-10(14)11(15)7-9/h4-7,14-15H,1,8H2,2-3H3. The zero-order chi connectivity index (χ0) is 13.1. The molecule has 4 nitrogen and oxygen atoms in total. The topological polar surface area (TPSA) is 66.8 Å². The molecule has 0 unspecified atom stereocenters. The zero-order valence-corrected chi connectivity index (χ0v) is 9.93. The molecule has 0 aliphatic carbocycles. The van der Waals surface area contributed by atoms with Crippen molar-refractivity contribution in [2.45, 2.75) is 25.9 Å². The smallest absolute Gasteiger partial charge is 0.330 e. The molecule has 0 bridgehead atoms. The Morgan fingerprint density at radius 3 is 2.59 bits per heavy atom. The Morgan fingerprint density at radius 1 is 1.41 bits per heavy atom. The summed E-state index contributed by atoms with van der Waals surface area (Å²) < 4.78 is 5.16. The average molecular weight is 236 g/mol. The molecule has 0 fully saturated rings. The number of benzene rings is 1. The monoisotopic (exact) mass is 236 g/mol. The van der Waals surface area contributed by atoms with Crippen molar-refractivity contribution in [1.82, 2.24) is 0 Å². The van der Waals surface area contributed by atoms with Crippen LogP contribution in [0.3, 0.4) is 0 Å². The van der Waals surface area contributed by atoms with E-state index in [1.165, 1.54) is 12.1 Å². The molecule has 1 rings (SSSR count). The van der Waals surface area contributed by atoms with Crippen LogP contribution < -0.4 is 0 Å². The quantitative estimate of drug-likeness (QED) is 0.477. The van der Waals surface area contributed by atoms with Crippen LogP contribution in [0.4, 0.5) is 0 Å². The van der Waals surface area contributed by atoms with Gasteiger partial charge in [0.05, 0.1) is 0 Å². The van der Waals surface area contributed by atoms with Crippen molar-refractivity contribution in [3.8, 4) is 11.5 Å². The van der Waals surface area contributed by atoms with Gasteiger partial charge in [-0.15, -0.1) is 0 Å². The molecule has 0 atom stereocenters. The predicted molar refractivity (Wildman–Crippen MR) is 63.8 cm³/mol. The minimum absolute atomic E-state index is 0.172. The van der Waals surface area contributed by atoms with E-state index in [1.54, 1.807) is 19.9 Å². The lowest BCUT2D eigenvalue weighted by atomic mass is 9.98. The van der Waals surface area contributed by atoms with Gasteiger partial charge in [-0.05, 0) is 31.5 Å². The van der Waals surface area contributed by atoms with Gasteiger partial charge in [0.1, 0.15) is 5.60 Å². The first kappa shape index (κ1) is 13.1. The number of phenols is 2. The number of rotatable bonds is 4. The summed E-state index contributed by atoms with van der Waals surface area (Å²) in [7, 11) is 0. The molecule has 1 aromatic carbocycles. The molecule has 2 N–H and O–H groups in total. The Morgan fingerprint density at radius 2 is 2.06 bits per heavy atom. The lowest BCUT2D eigenvalue weighted by molar-refractivity contribution is -0.149. The molecular formula is C13H16O4.